The molecule has 6 nitrogen and oxygen atoms in total. The number of hydrogen-bond acceptors (Lipinski definition) is 3. The summed E-state index contributed by atoms with van der Waals surface area (Å²) in [4.78, 5) is 42.0. The number of carbonyl (C=O) groups is 3. The quantitative estimate of drug-likeness (QED) is 0.507. The third kappa shape index (κ3) is 3.99. The molecular weight excluding hydrogens is 378 g/mol. The minimum atomic E-state index is -0.673. The topological polar surface area (TPSA) is 82.3 Å². The average Bonchev–Trinajstić information content (AvgIpc) is 3.22. The van der Waals surface area contributed by atoms with Crippen molar-refractivity contribution in [3.05, 3.63) is 71.4 Å². The van der Waals surface area contributed by atoms with Gasteiger partial charge in [-0.3, -0.25) is 14.4 Å². The summed E-state index contributed by atoms with van der Waals surface area (Å²) in [6.07, 6.45) is 4.52. The second-order valence-electron chi connectivity index (χ2n) is 7.80. The van der Waals surface area contributed by atoms with Crippen molar-refractivity contribution in [2.45, 2.75) is 19.3 Å². The Morgan fingerprint density at radius 2 is 1.80 bits per heavy atom. The maximum Gasteiger partial charge on any atom is 0.292 e. The SMILES string of the molecule is CNC(=O)C(=O)c1c[nH]c2ccc(C(=O)N3CCC(Cc4ccccc4)CC3)cc12. The Bertz CT molecular complexity index is 1080. The predicted molar refractivity (Wildman–Crippen MR) is 115 cm³/mol. The number of carbonyl (C=O) groups excluding carboxylic acids is 3. The Labute approximate surface area is 175 Å². The lowest BCUT2D eigenvalue weighted by atomic mass is 9.90. The molecule has 30 heavy (non-hydrogen) atoms. The largest absolute Gasteiger partial charge is 0.360 e. The number of nitrogens with zero attached hydrogens (tertiary/aromatic N) is 1. The normalized spacial score (nSPS) is 14.6. The number of aromatic nitrogens is 1. The molecule has 0 unspecified atom stereocenters. The van der Waals surface area contributed by atoms with Gasteiger partial charge in [0.15, 0.2) is 0 Å². The second-order valence-corrected chi connectivity index (χ2v) is 7.80. The van der Waals surface area contributed by atoms with E-state index in [1.54, 1.807) is 18.2 Å². The Morgan fingerprint density at radius 3 is 2.50 bits per heavy atom. The highest BCUT2D eigenvalue weighted by atomic mass is 16.2. The number of Topliss-reactive ketones (excluding diaryl/α,β-unsaturated/α-hetero) is 1. The molecule has 1 saturated heterocycles. The highest BCUT2D eigenvalue weighted by Gasteiger charge is 2.25. The Morgan fingerprint density at radius 1 is 1.07 bits per heavy atom. The molecule has 1 aromatic heterocycles. The highest BCUT2D eigenvalue weighted by molar-refractivity contribution is 6.44. The van der Waals surface area contributed by atoms with Crippen molar-refractivity contribution < 1.29 is 14.4 Å². The Kier molecular flexibility index (Phi) is 5.65. The summed E-state index contributed by atoms with van der Waals surface area (Å²) in [5.41, 5.74) is 2.88. The van der Waals surface area contributed by atoms with Crippen LogP contribution < -0.4 is 5.32 Å². The number of H-pyrrole nitrogens is 1. The van der Waals surface area contributed by atoms with Crippen molar-refractivity contribution in [3.8, 4) is 0 Å². The number of amides is 2. The first kappa shape index (κ1) is 19.9. The number of likely N-dealkylation sites (N-methyl/N-ethyl adjacent to an activating group) is 1. The van der Waals surface area contributed by atoms with Gasteiger partial charge in [0.2, 0.25) is 0 Å². The van der Waals surface area contributed by atoms with Gasteiger partial charge in [0.05, 0.1) is 5.56 Å². The zero-order valence-corrected chi connectivity index (χ0v) is 17.0. The molecule has 2 N–H and O–H groups in total. The second kappa shape index (κ2) is 8.53. The molecule has 0 bridgehead atoms. The molecule has 0 aliphatic carbocycles. The van der Waals surface area contributed by atoms with E-state index in [0.717, 1.165) is 37.9 Å². The van der Waals surface area contributed by atoms with Crippen LogP contribution in [0.15, 0.2) is 54.7 Å². The maximum absolute atomic E-state index is 13.1. The number of fused-ring (bicyclic) bond motifs is 1. The average molecular weight is 403 g/mol. The zero-order chi connectivity index (χ0) is 21.1. The molecule has 2 aromatic carbocycles. The first-order valence-corrected chi connectivity index (χ1v) is 10.3. The number of ketones is 1. The summed E-state index contributed by atoms with van der Waals surface area (Å²) in [5.74, 6) is -0.738. The third-order valence-corrected chi connectivity index (χ3v) is 5.88. The fourth-order valence-corrected chi connectivity index (χ4v) is 4.15. The lowest BCUT2D eigenvalue weighted by Gasteiger charge is -2.32. The van der Waals surface area contributed by atoms with Crippen LogP contribution in [-0.2, 0) is 11.2 Å². The van der Waals surface area contributed by atoms with Crippen molar-refractivity contribution >= 4 is 28.5 Å². The van der Waals surface area contributed by atoms with Crippen LogP contribution in [0, 0.1) is 5.92 Å². The van der Waals surface area contributed by atoms with E-state index in [-0.39, 0.29) is 11.5 Å². The van der Waals surface area contributed by atoms with Gasteiger partial charge < -0.3 is 15.2 Å². The number of rotatable bonds is 5. The minimum absolute atomic E-state index is 0.0328. The molecule has 1 fully saturated rings. The summed E-state index contributed by atoms with van der Waals surface area (Å²) in [6.45, 7) is 1.46. The van der Waals surface area contributed by atoms with Crippen molar-refractivity contribution in [1.29, 1.82) is 0 Å². The van der Waals surface area contributed by atoms with Crippen LogP contribution in [0.1, 0.15) is 39.1 Å². The van der Waals surface area contributed by atoms with Crippen LogP contribution in [0.25, 0.3) is 10.9 Å². The van der Waals surface area contributed by atoms with Gasteiger partial charge in [-0.1, -0.05) is 30.3 Å². The zero-order valence-electron chi connectivity index (χ0n) is 17.0. The van der Waals surface area contributed by atoms with Gasteiger partial charge in [0.1, 0.15) is 0 Å². The molecule has 4 rings (SSSR count). The summed E-state index contributed by atoms with van der Waals surface area (Å²) in [6, 6.07) is 15.7. The predicted octanol–water partition coefficient (Wildman–Crippen LogP) is 3.19. The molecule has 154 valence electrons. The van der Waals surface area contributed by atoms with E-state index in [2.05, 4.69) is 34.6 Å². The van der Waals surface area contributed by atoms with E-state index in [9.17, 15) is 14.4 Å². The minimum Gasteiger partial charge on any atom is -0.360 e. The van der Waals surface area contributed by atoms with Crippen molar-refractivity contribution in [1.82, 2.24) is 15.2 Å². The highest BCUT2D eigenvalue weighted by Crippen LogP contribution is 2.25. The lowest BCUT2D eigenvalue weighted by Crippen LogP contribution is -2.38. The van der Waals surface area contributed by atoms with Gasteiger partial charge in [-0.05, 0) is 48.9 Å². The first-order valence-electron chi connectivity index (χ1n) is 10.3. The Hall–Kier alpha value is -3.41. The van der Waals surface area contributed by atoms with Crippen LogP contribution in [0.5, 0.6) is 0 Å². The number of nitrogens with one attached hydrogen (secondary N) is 2. The van der Waals surface area contributed by atoms with E-state index in [0.29, 0.717) is 16.9 Å². The van der Waals surface area contributed by atoms with Gasteiger partial charge in [0, 0.05) is 42.8 Å². The number of hydrogen-bond donors (Lipinski definition) is 2. The molecule has 0 atom stereocenters. The van der Waals surface area contributed by atoms with Gasteiger partial charge in [-0.15, -0.1) is 0 Å². The number of piperidine rings is 1. The van der Waals surface area contributed by atoms with Crippen molar-refractivity contribution in [2.24, 2.45) is 5.92 Å². The molecule has 2 amide bonds. The van der Waals surface area contributed by atoms with Gasteiger partial charge in [-0.25, -0.2) is 0 Å². The fraction of sp³-hybridized carbons (Fsp3) is 0.292. The number of aromatic amines is 1. The monoisotopic (exact) mass is 403 g/mol. The Balaban J connectivity index is 1.46. The van der Waals surface area contributed by atoms with E-state index < -0.39 is 11.7 Å². The summed E-state index contributed by atoms with van der Waals surface area (Å²) >= 11 is 0. The molecule has 1 aliphatic heterocycles. The van der Waals surface area contributed by atoms with Crippen LogP contribution >= 0.6 is 0 Å². The molecule has 0 spiro atoms. The molecule has 3 aromatic rings. The van der Waals surface area contributed by atoms with Crippen LogP contribution in [0.2, 0.25) is 0 Å². The maximum atomic E-state index is 13.1. The molecule has 6 heteroatoms. The van der Waals surface area contributed by atoms with E-state index >= 15 is 0 Å². The number of benzene rings is 2. The van der Waals surface area contributed by atoms with Gasteiger partial charge >= 0.3 is 0 Å². The molecule has 2 heterocycles. The van der Waals surface area contributed by atoms with Gasteiger partial charge in [0.25, 0.3) is 17.6 Å². The van der Waals surface area contributed by atoms with Crippen molar-refractivity contribution in [2.75, 3.05) is 20.1 Å². The van der Waals surface area contributed by atoms with Crippen LogP contribution in [0.3, 0.4) is 0 Å². The van der Waals surface area contributed by atoms with Gasteiger partial charge in [-0.2, -0.15) is 0 Å². The summed E-state index contributed by atoms with van der Waals surface area (Å²) in [5, 5.41) is 2.94. The summed E-state index contributed by atoms with van der Waals surface area (Å²) < 4.78 is 0. The lowest BCUT2D eigenvalue weighted by molar-refractivity contribution is -0.116. The number of likely N-dealkylation sites (tertiary alicyclic amines) is 1. The fourth-order valence-electron chi connectivity index (χ4n) is 4.15. The molecular formula is C24H25N3O3. The van der Waals surface area contributed by atoms with E-state index in [4.69, 9.17) is 0 Å². The molecule has 0 radical (unpaired) electrons. The molecule has 0 saturated carbocycles. The smallest absolute Gasteiger partial charge is 0.292 e. The third-order valence-electron chi connectivity index (χ3n) is 5.88. The molecule has 1 aliphatic rings. The standard InChI is InChI=1S/C24H25N3O3/c1-25-23(29)22(28)20-15-26-21-8-7-18(14-19(20)21)24(30)27-11-9-17(10-12-27)13-16-5-3-2-4-6-16/h2-8,14-15,17,26H,9-13H2,1H3,(H,25,29). The first-order chi connectivity index (χ1) is 14.6. The van der Waals surface area contributed by atoms with Crippen LogP contribution in [0.4, 0.5) is 0 Å². The van der Waals surface area contributed by atoms with Crippen LogP contribution in [-0.4, -0.2) is 47.6 Å². The van der Waals surface area contributed by atoms with E-state index in [1.165, 1.54) is 18.8 Å². The van der Waals surface area contributed by atoms with E-state index in [1.807, 2.05) is 11.0 Å². The summed E-state index contributed by atoms with van der Waals surface area (Å²) in [7, 11) is 1.42. The van der Waals surface area contributed by atoms with Crippen molar-refractivity contribution in [3.63, 3.8) is 0 Å².